The van der Waals surface area contributed by atoms with Gasteiger partial charge in [-0.3, -0.25) is 4.72 Å². The molecule has 0 aliphatic heterocycles. The molecular formula is C11H8Cl2FN3O2S. The first-order valence-electron chi connectivity index (χ1n) is 5.18. The Morgan fingerprint density at radius 1 is 1.25 bits per heavy atom. The first-order valence-corrected chi connectivity index (χ1v) is 7.42. The normalized spacial score (nSPS) is 11.3. The average Bonchev–Trinajstić information content (AvgIpc) is 2.36. The maximum atomic E-state index is 13.8. The molecule has 2 rings (SSSR count). The smallest absolute Gasteiger partial charge is 0.265 e. The van der Waals surface area contributed by atoms with E-state index >= 15 is 0 Å². The number of aromatic nitrogens is 1. The fourth-order valence-electron chi connectivity index (χ4n) is 1.43. The van der Waals surface area contributed by atoms with E-state index < -0.39 is 20.7 Å². The zero-order valence-corrected chi connectivity index (χ0v) is 12.1. The van der Waals surface area contributed by atoms with Gasteiger partial charge >= 0.3 is 0 Å². The molecular weight excluding hydrogens is 328 g/mol. The Labute approximate surface area is 124 Å². The summed E-state index contributed by atoms with van der Waals surface area (Å²) in [4.78, 5) is 3.07. The second-order valence-corrected chi connectivity index (χ2v) is 6.26. The van der Waals surface area contributed by atoms with Crippen LogP contribution in [0.15, 0.2) is 35.4 Å². The lowest BCUT2D eigenvalue weighted by molar-refractivity contribution is 0.573. The Balaban J connectivity index is 2.43. The summed E-state index contributed by atoms with van der Waals surface area (Å²) >= 11 is 11.3. The van der Waals surface area contributed by atoms with Gasteiger partial charge in [0, 0.05) is 5.02 Å². The molecule has 2 aromatic rings. The Morgan fingerprint density at radius 3 is 2.55 bits per heavy atom. The number of hydrogen-bond donors (Lipinski definition) is 2. The van der Waals surface area contributed by atoms with Crippen LogP contribution in [0.4, 0.5) is 15.8 Å². The van der Waals surface area contributed by atoms with Crippen molar-refractivity contribution in [3.8, 4) is 0 Å². The molecule has 0 aliphatic carbocycles. The van der Waals surface area contributed by atoms with Crippen LogP contribution in [0.25, 0.3) is 0 Å². The predicted octanol–water partition coefficient (Wildman–Crippen LogP) is 2.91. The first-order chi connectivity index (χ1) is 9.29. The molecule has 20 heavy (non-hydrogen) atoms. The molecule has 0 amide bonds. The zero-order chi connectivity index (χ0) is 14.9. The highest BCUT2D eigenvalue weighted by Crippen LogP contribution is 2.26. The van der Waals surface area contributed by atoms with Crippen molar-refractivity contribution in [1.29, 1.82) is 0 Å². The van der Waals surface area contributed by atoms with Gasteiger partial charge in [0.15, 0.2) is 5.82 Å². The number of benzene rings is 1. The Bertz CT molecular complexity index is 751. The quantitative estimate of drug-likeness (QED) is 0.667. The molecule has 0 spiro atoms. The maximum Gasteiger partial charge on any atom is 0.265 e. The van der Waals surface area contributed by atoms with Crippen LogP contribution in [-0.2, 0) is 10.0 Å². The molecule has 0 fully saturated rings. The number of sulfonamides is 1. The van der Waals surface area contributed by atoms with Crippen molar-refractivity contribution in [2.24, 2.45) is 0 Å². The molecule has 1 heterocycles. The van der Waals surface area contributed by atoms with E-state index in [9.17, 15) is 12.8 Å². The van der Waals surface area contributed by atoms with Crippen molar-refractivity contribution in [1.82, 2.24) is 4.98 Å². The van der Waals surface area contributed by atoms with Gasteiger partial charge in [-0.05, 0) is 24.3 Å². The van der Waals surface area contributed by atoms with Gasteiger partial charge in [-0.25, -0.2) is 17.8 Å². The van der Waals surface area contributed by atoms with Crippen LogP contribution in [0, 0.1) is 5.82 Å². The lowest BCUT2D eigenvalue weighted by atomic mass is 10.3. The second-order valence-electron chi connectivity index (χ2n) is 3.78. The number of anilines is 2. The Hall–Kier alpha value is -1.57. The van der Waals surface area contributed by atoms with E-state index in [4.69, 9.17) is 28.9 Å². The van der Waals surface area contributed by atoms with Crippen LogP contribution in [0.5, 0.6) is 0 Å². The highest BCUT2D eigenvalue weighted by atomic mass is 35.5. The van der Waals surface area contributed by atoms with Gasteiger partial charge in [0.1, 0.15) is 10.0 Å². The standard InChI is InChI=1S/C11H8Cl2FN3O2S/c12-6-3-8(15)11(14)9(4-6)20(18,19)17-7-1-2-10(13)16-5-7/h1-5,17H,15H2. The van der Waals surface area contributed by atoms with Crippen molar-refractivity contribution < 1.29 is 12.8 Å². The minimum Gasteiger partial charge on any atom is -0.396 e. The largest absolute Gasteiger partial charge is 0.396 e. The van der Waals surface area contributed by atoms with Gasteiger partial charge in [-0.15, -0.1) is 0 Å². The predicted molar refractivity (Wildman–Crippen MR) is 75.9 cm³/mol. The van der Waals surface area contributed by atoms with Crippen LogP contribution < -0.4 is 10.5 Å². The SMILES string of the molecule is Nc1cc(Cl)cc(S(=O)(=O)Nc2ccc(Cl)nc2)c1F. The van der Waals surface area contributed by atoms with Crippen molar-refractivity contribution in [2.45, 2.75) is 4.90 Å². The number of pyridine rings is 1. The van der Waals surface area contributed by atoms with Crippen LogP contribution in [0.2, 0.25) is 10.2 Å². The lowest BCUT2D eigenvalue weighted by Gasteiger charge is -2.10. The third kappa shape index (κ3) is 3.12. The fraction of sp³-hybridized carbons (Fsp3) is 0. The van der Waals surface area contributed by atoms with Gasteiger partial charge < -0.3 is 5.73 Å². The van der Waals surface area contributed by atoms with Crippen molar-refractivity contribution in [3.05, 3.63) is 46.5 Å². The molecule has 0 unspecified atom stereocenters. The molecule has 9 heteroatoms. The molecule has 0 aliphatic rings. The number of hydrogen-bond acceptors (Lipinski definition) is 4. The zero-order valence-electron chi connectivity index (χ0n) is 9.77. The number of nitrogen functional groups attached to an aromatic ring is 1. The molecule has 0 saturated heterocycles. The van der Waals surface area contributed by atoms with Crippen molar-refractivity contribution in [3.63, 3.8) is 0 Å². The molecule has 0 saturated carbocycles. The highest BCUT2D eigenvalue weighted by Gasteiger charge is 2.22. The molecule has 1 aromatic heterocycles. The minimum atomic E-state index is -4.17. The summed E-state index contributed by atoms with van der Waals surface area (Å²) < 4.78 is 40.1. The number of rotatable bonds is 3. The van der Waals surface area contributed by atoms with E-state index in [1.165, 1.54) is 18.3 Å². The topological polar surface area (TPSA) is 85.1 Å². The van der Waals surface area contributed by atoms with Gasteiger partial charge in [0.05, 0.1) is 17.6 Å². The van der Waals surface area contributed by atoms with Crippen LogP contribution >= 0.6 is 23.2 Å². The van der Waals surface area contributed by atoms with Gasteiger partial charge in [0.2, 0.25) is 0 Å². The highest BCUT2D eigenvalue weighted by molar-refractivity contribution is 7.92. The second kappa shape index (κ2) is 5.43. The molecule has 0 radical (unpaired) electrons. The average molecular weight is 336 g/mol. The molecule has 0 bridgehead atoms. The van der Waals surface area contributed by atoms with Crippen molar-refractivity contribution >= 4 is 44.6 Å². The minimum absolute atomic E-state index is 0.0125. The van der Waals surface area contributed by atoms with E-state index in [1.807, 2.05) is 0 Å². The number of nitrogens with zero attached hydrogens (tertiary/aromatic N) is 1. The number of nitrogens with one attached hydrogen (secondary N) is 1. The van der Waals surface area contributed by atoms with Crippen molar-refractivity contribution in [2.75, 3.05) is 10.5 Å². The van der Waals surface area contributed by atoms with E-state index in [0.29, 0.717) is 0 Å². The maximum absolute atomic E-state index is 13.8. The number of nitrogens with two attached hydrogens (primary N) is 1. The van der Waals surface area contributed by atoms with Gasteiger partial charge in [-0.2, -0.15) is 0 Å². The monoisotopic (exact) mass is 335 g/mol. The van der Waals surface area contributed by atoms with Gasteiger partial charge in [0.25, 0.3) is 10.0 Å². The third-order valence-corrected chi connectivity index (χ3v) is 4.12. The lowest BCUT2D eigenvalue weighted by Crippen LogP contribution is -2.15. The summed E-state index contributed by atoms with van der Waals surface area (Å²) in [5, 5.41) is 0.213. The molecule has 3 N–H and O–H groups in total. The van der Waals surface area contributed by atoms with Gasteiger partial charge in [-0.1, -0.05) is 23.2 Å². The summed E-state index contributed by atoms with van der Waals surface area (Å²) in [5.74, 6) is -1.07. The van der Waals surface area contributed by atoms with Crippen LogP contribution in [-0.4, -0.2) is 13.4 Å². The van der Waals surface area contributed by atoms with E-state index in [0.717, 1.165) is 12.1 Å². The molecule has 106 valence electrons. The summed E-state index contributed by atoms with van der Waals surface area (Å²) in [7, 11) is -4.17. The summed E-state index contributed by atoms with van der Waals surface area (Å²) in [6, 6.07) is 4.87. The Morgan fingerprint density at radius 2 is 1.95 bits per heavy atom. The molecule has 1 aromatic carbocycles. The third-order valence-electron chi connectivity index (χ3n) is 2.30. The first kappa shape index (κ1) is 14.8. The van der Waals surface area contributed by atoms with E-state index in [2.05, 4.69) is 9.71 Å². The summed E-state index contributed by atoms with van der Waals surface area (Å²) in [6.45, 7) is 0. The Kier molecular flexibility index (Phi) is 4.03. The summed E-state index contributed by atoms with van der Waals surface area (Å²) in [6.07, 6.45) is 1.20. The van der Waals surface area contributed by atoms with Crippen LogP contribution in [0.3, 0.4) is 0 Å². The van der Waals surface area contributed by atoms with E-state index in [1.54, 1.807) is 0 Å². The van der Waals surface area contributed by atoms with Crippen LogP contribution in [0.1, 0.15) is 0 Å². The number of halogens is 3. The molecule has 0 atom stereocenters. The fourth-order valence-corrected chi connectivity index (χ4v) is 3.01. The molecule has 5 nitrogen and oxygen atoms in total. The summed E-state index contributed by atoms with van der Waals surface area (Å²) in [5.41, 5.74) is 5.13. The van der Waals surface area contributed by atoms with E-state index in [-0.39, 0.29) is 21.6 Å².